The number of rotatable bonds is 8. The Balaban J connectivity index is 3.94. The molecule has 4 nitrogen and oxygen atoms in total. The molecule has 4 heteroatoms. The van der Waals surface area contributed by atoms with E-state index in [-0.39, 0.29) is 11.5 Å². The summed E-state index contributed by atoms with van der Waals surface area (Å²) in [4.78, 5) is 0. The molecule has 0 fully saturated rings. The molecule has 92 valence electrons. The van der Waals surface area contributed by atoms with Crippen LogP contribution in [0.4, 0.5) is 0 Å². The van der Waals surface area contributed by atoms with E-state index in [1.165, 1.54) is 0 Å². The first-order valence-corrected chi connectivity index (χ1v) is 5.83. The number of ether oxygens (including phenoxy) is 1. The van der Waals surface area contributed by atoms with Crippen LogP contribution in [0.25, 0.3) is 0 Å². The predicted molar refractivity (Wildman–Crippen MR) is 64.3 cm³/mol. The van der Waals surface area contributed by atoms with Gasteiger partial charge in [-0.3, -0.25) is 0 Å². The summed E-state index contributed by atoms with van der Waals surface area (Å²) in [6.45, 7) is 7.32. The Morgan fingerprint density at radius 2 is 2.06 bits per heavy atom. The van der Waals surface area contributed by atoms with Gasteiger partial charge in [-0.15, -0.1) is 0 Å². The Kier molecular flexibility index (Phi) is 7.74. The van der Waals surface area contributed by atoms with Crippen molar-refractivity contribution in [2.75, 3.05) is 20.2 Å². The Morgan fingerprint density at radius 3 is 2.56 bits per heavy atom. The summed E-state index contributed by atoms with van der Waals surface area (Å²) < 4.78 is 5.29. The zero-order valence-corrected chi connectivity index (χ0v) is 10.9. The van der Waals surface area contributed by atoms with Crippen molar-refractivity contribution >= 4 is 0 Å². The molecule has 1 unspecified atom stereocenters. The quantitative estimate of drug-likeness (QED) is 0.470. The molecule has 0 rings (SSSR count). The molecular weight excluding hydrogens is 202 g/mol. The van der Waals surface area contributed by atoms with Crippen LogP contribution in [-0.4, -0.2) is 25.8 Å². The van der Waals surface area contributed by atoms with E-state index in [2.05, 4.69) is 23.2 Å². The van der Waals surface area contributed by atoms with E-state index in [0.717, 1.165) is 19.4 Å². The SMILES string of the molecule is CCCCN=NCC(C#N)CC(C)(C)OC. The van der Waals surface area contributed by atoms with Crippen LogP contribution in [-0.2, 0) is 4.74 Å². The van der Waals surface area contributed by atoms with E-state index in [0.29, 0.717) is 13.0 Å². The Bertz CT molecular complexity index is 243. The second kappa shape index (κ2) is 8.23. The summed E-state index contributed by atoms with van der Waals surface area (Å²) in [6.07, 6.45) is 2.87. The molecule has 0 heterocycles. The first-order valence-electron chi connectivity index (χ1n) is 5.83. The van der Waals surface area contributed by atoms with Gasteiger partial charge in [-0.1, -0.05) is 13.3 Å². The molecule has 0 saturated carbocycles. The summed E-state index contributed by atoms with van der Waals surface area (Å²) in [7, 11) is 1.66. The first-order chi connectivity index (χ1) is 7.55. The second-order valence-corrected chi connectivity index (χ2v) is 4.54. The number of hydrogen-bond donors (Lipinski definition) is 0. The molecule has 0 bridgehead atoms. The van der Waals surface area contributed by atoms with E-state index in [9.17, 15) is 0 Å². The largest absolute Gasteiger partial charge is 0.379 e. The molecule has 0 aromatic rings. The monoisotopic (exact) mass is 225 g/mol. The van der Waals surface area contributed by atoms with Crippen LogP contribution in [0.3, 0.4) is 0 Å². The average Bonchev–Trinajstić information content (AvgIpc) is 2.27. The lowest BCUT2D eigenvalue weighted by Crippen LogP contribution is -2.26. The van der Waals surface area contributed by atoms with Gasteiger partial charge >= 0.3 is 0 Å². The van der Waals surface area contributed by atoms with Crippen LogP contribution in [0, 0.1) is 17.2 Å². The van der Waals surface area contributed by atoms with Gasteiger partial charge in [0.05, 0.1) is 30.7 Å². The highest BCUT2D eigenvalue weighted by molar-refractivity contribution is 4.89. The minimum Gasteiger partial charge on any atom is -0.379 e. The number of azo groups is 1. The van der Waals surface area contributed by atoms with Crippen LogP contribution < -0.4 is 0 Å². The van der Waals surface area contributed by atoms with Crippen molar-refractivity contribution in [3.05, 3.63) is 0 Å². The Morgan fingerprint density at radius 1 is 1.38 bits per heavy atom. The van der Waals surface area contributed by atoms with Crippen molar-refractivity contribution in [2.24, 2.45) is 16.1 Å². The molecule has 0 aliphatic heterocycles. The average molecular weight is 225 g/mol. The summed E-state index contributed by atoms with van der Waals surface area (Å²) in [5, 5.41) is 17.1. The molecule has 0 saturated heterocycles. The van der Waals surface area contributed by atoms with E-state index in [1.807, 2.05) is 13.8 Å². The first kappa shape index (κ1) is 15.0. The van der Waals surface area contributed by atoms with Gasteiger partial charge in [-0.2, -0.15) is 15.5 Å². The smallest absolute Gasteiger partial charge is 0.0758 e. The van der Waals surface area contributed by atoms with E-state index in [1.54, 1.807) is 7.11 Å². The minimum absolute atomic E-state index is 0.111. The normalized spacial score (nSPS) is 13.9. The van der Waals surface area contributed by atoms with Crippen LogP contribution in [0.1, 0.15) is 40.0 Å². The highest BCUT2D eigenvalue weighted by Gasteiger charge is 2.22. The van der Waals surface area contributed by atoms with E-state index in [4.69, 9.17) is 10.00 Å². The summed E-state index contributed by atoms with van der Waals surface area (Å²) >= 11 is 0. The lowest BCUT2D eigenvalue weighted by atomic mass is 9.94. The maximum atomic E-state index is 8.98. The van der Waals surface area contributed by atoms with Gasteiger partial charge in [0, 0.05) is 7.11 Å². The summed E-state index contributed by atoms with van der Waals surface area (Å²) in [5.74, 6) is -0.111. The fourth-order valence-electron chi connectivity index (χ4n) is 1.28. The van der Waals surface area contributed by atoms with Gasteiger partial charge < -0.3 is 4.74 Å². The maximum Gasteiger partial charge on any atom is 0.0758 e. The van der Waals surface area contributed by atoms with Crippen LogP contribution in [0.2, 0.25) is 0 Å². The van der Waals surface area contributed by atoms with Crippen molar-refractivity contribution in [2.45, 2.75) is 45.6 Å². The van der Waals surface area contributed by atoms with Crippen LogP contribution >= 0.6 is 0 Å². The Hall–Kier alpha value is -0.950. The summed E-state index contributed by atoms with van der Waals surface area (Å²) in [5.41, 5.74) is -0.265. The summed E-state index contributed by atoms with van der Waals surface area (Å²) in [6, 6.07) is 2.25. The number of hydrogen-bond acceptors (Lipinski definition) is 4. The van der Waals surface area contributed by atoms with Gasteiger partial charge in [-0.05, 0) is 26.7 Å². The second-order valence-electron chi connectivity index (χ2n) is 4.54. The van der Waals surface area contributed by atoms with Gasteiger partial charge in [0.25, 0.3) is 0 Å². The minimum atomic E-state index is -0.265. The number of nitriles is 1. The maximum absolute atomic E-state index is 8.98. The van der Waals surface area contributed by atoms with Gasteiger partial charge in [0.15, 0.2) is 0 Å². The molecular formula is C12H23N3O. The highest BCUT2D eigenvalue weighted by atomic mass is 16.5. The predicted octanol–water partition coefficient (Wildman–Crippen LogP) is 3.19. The molecule has 0 amide bonds. The number of nitrogens with zero attached hydrogens (tertiary/aromatic N) is 3. The molecule has 0 spiro atoms. The van der Waals surface area contributed by atoms with E-state index >= 15 is 0 Å². The van der Waals surface area contributed by atoms with Gasteiger partial charge in [0.1, 0.15) is 0 Å². The third kappa shape index (κ3) is 7.36. The molecule has 0 aromatic carbocycles. The van der Waals surface area contributed by atoms with Crippen molar-refractivity contribution in [1.29, 1.82) is 5.26 Å². The lowest BCUT2D eigenvalue weighted by molar-refractivity contribution is 0.00796. The third-order valence-corrected chi connectivity index (χ3v) is 2.49. The van der Waals surface area contributed by atoms with Crippen LogP contribution in [0.15, 0.2) is 10.2 Å². The fourth-order valence-corrected chi connectivity index (χ4v) is 1.28. The zero-order valence-electron chi connectivity index (χ0n) is 10.9. The number of unbranched alkanes of at least 4 members (excludes halogenated alkanes) is 1. The zero-order chi connectivity index (χ0) is 12.4. The Labute approximate surface area is 98.7 Å². The van der Waals surface area contributed by atoms with Crippen LogP contribution in [0.5, 0.6) is 0 Å². The van der Waals surface area contributed by atoms with Crippen molar-refractivity contribution < 1.29 is 4.74 Å². The molecule has 16 heavy (non-hydrogen) atoms. The lowest BCUT2D eigenvalue weighted by Gasteiger charge is -2.24. The number of methoxy groups -OCH3 is 1. The standard InChI is InChI=1S/C12H23N3O/c1-5-6-7-14-15-10-11(9-13)8-12(2,3)16-4/h11H,5-8,10H2,1-4H3. The molecule has 1 atom stereocenters. The van der Waals surface area contributed by atoms with Crippen molar-refractivity contribution in [1.82, 2.24) is 0 Å². The van der Waals surface area contributed by atoms with E-state index < -0.39 is 0 Å². The van der Waals surface area contributed by atoms with Gasteiger partial charge in [-0.25, -0.2) is 0 Å². The molecule has 0 aromatic heterocycles. The van der Waals surface area contributed by atoms with Gasteiger partial charge in [0.2, 0.25) is 0 Å². The molecule has 0 aliphatic rings. The third-order valence-electron chi connectivity index (χ3n) is 2.49. The fraction of sp³-hybridized carbons (Fsp3) is 0.917. The van der Waals surface area contributed by atoms with Crippen molar-refractivity contribution in [3.8, 4) is 6.07 Å². The highest BCUT2D eigenvalue weighted by Crippen LogP contribution is 2.19. The molecule has 0 N–H and O–H groups in total. The topological polar surface area (TPSA) is 57.7 Å². The van der Waals surface area contributed by atoms with Crippen molar-refractivity contribution in [3.63, 3.8) is 0 Å². The molecule has 0 radical (unpaired) electrons. The molecule has 0 aliphatic carbocycles.